The number of benzene rings is 2. The summed E-state index contributed by atoms with van der Waals surface area (Å²) in [6.07, 6.45) is 2.64. The molecule has 0 saturated carbocycles. The van der Waals surface area contributed by atoms with E-state index >= 15 is 0 Å². The van der Waals surface area contributed by atoms with Crippen LogP contribution in [0, 0.1) is 0 Å². The molecular formula is C20H36N2. The van der Waals surface area contributed by atoms with Crippen molar-refractivity contribution in [1.82, 2.24) is 0 Å². The Morgan fingerprint density at radius 3 is 0.864 bits per heavy atom. The molecule has 0 aliphatic carbocycles. The molecule has 0 aliphatic rings. The molecule has 0 radical (unpaired) electrons. The number of para-hydroxylation sites is 2. The standard InChI is InChI=1S/2C6H7N.C4H10.2C2H6/c2*7-6-4-2-1-3-5-6;1-3-4-2;2*1-2/h2*1-5H,7H2;3-4H2,1-2H3;2*1-2H3. The van der Waals surface area contributed by atoms with Gasteiger partial charge in [0.1, 0.15) is 0 Å². The van der Waals surface area contributed by atoms with Crippen molar-refractivity contribution in [2.45, 2.75) is 54.4 Å². The zero-order valence-corrected chi connectivity index (χ0v) is 15.3. The van der Waals surface area contributed by atoms with E-state index in [2.05, 4.69) is 13.8 Å². The smallest absolute Gasteiger partial charge is 0.0313 e. The van der Waals surface area contributed by atoms with Crippen LogP contribution in [0.3, 0.4) is 0 Å². The second-order valence-electron chi connectivity index (χ2n) is 3.82. The van der Waals surface area contributed by atoms with E-state index < -0.39 is 0 Å². The normalized spacial score (nSPS) is 7.36. The van der Waals surface area contributed by atoms with Gasteiger partial charge in [0.05, 0.1) is 0 Å². The minimum Gasteiger partial charge on any atom is -0.399 e. The molecule has 0 unspecified atom stereocenters. The molecule has 0 spiro atoms. The Balaban J connectivity index is -0.000000228. The number of unbranched alkanes of at least 4 members (excludes halogenated alkanes) is 1. The molecular weight excluding hydrogens is 268 g/mol. The molecule has 0 saturated heterocycles. The third kappa shape index (κ3) is 23.2. The largest absolute Gasteiger partial charge is 0.399 e. The van der Waals surface area contributed by atoms with Crippen LogP contribution in [0.1, 0.15) is 54.4 Å². The van der Waals surface area contributed by atoms with E-state index in [0.717, 1.165) is 11.4 Å². The second-order valence-corrected chi connectivity index (χ2v) is 3.82. The van der Waals surface area contributed by atoms with Gasteiger partial charge < -0.3 is 11.5 Å². The lowest BCUT2D eigenvalue weighted by Crippen LogP contribution is -1.79. The van der Waals surface area contributed by atoms with E-state index in [1.165, 1.54) is 12.8 Å². The summed E-state index contributed by atoms with van der Waals surface area (Å²) in [4.78, 5) is 0. The quantitative estimate of drug-likeness (QED) is 0.599. The maximum absolute atomic E-state index is 5.36. The molecule has 0 aromatic heterocycles. The molecule has 0 aliphatic heterocycles. The van der Waals surface area contributed by atoms with Gasteiger partial charge in [0, 0.05) is 11.4 Å². The van der Waals surface area contributed by atoms with Crippen molar-refractivity contribution in [2.75, 3.05) is 11.5 Å². The predicted octanol–water partition coefficient (Wildman–Crippen LogP) is 6.40. The summed E-state index contributed by atoms with van der Waals surface area (Å²) in [5.41, 5.74) is 12.4. The van der Waals surface area contributed by atoms with Crippen LogP contribution in [-0.4, -0.2) is 0 Å². The van der Waals surface area contributed by atoms with Gasteiger partial charge in [-0.2, -0.15) is 0 Å². The van der Waals surface area contributed by atoms with Gasteiger partial charge in [0.25, 0.3) is 0 Å². The number of hydrogen-bond acceptors (Lipinski definition) is 2. The number of nitrogen functional groups attached to an aromatic ring is 2. The summed E-state index contributed by atoms with van der Waals surface area (Å²) in [6, 6.07) is 19.0. The van der Waals surface area contributed by atoms with Gasteiger partial charge in [-0.05, 0) is 24.3 Å². The minimum atomic E-state index is 0.822. The molecule has 0 atom stereocenters. The van der Waals surface area contributed by atoms with E-state index in [4.69, 9.17) is 11.5 Å². The second kappa shape index (κ2) is 24.1. The van der Waals surface area contributed by atoms with Crippen molar-refractivity contribution in [3.63, 3.8) is 0 Å². The summed E-state index contributed by atoms with van der Waals surface area (Å²) in [6.45, 7) is 12.4. The SMILES string of the molecule is CC.CC.CCCC.Nc1ccccc1.Nc1ccccc1. The summed E-state index contributed by atoms with van der Waals surface area (Å²) >= 11 is 0. The zero-order valence-electron chi connectivity index (χ0n) is 15.3. The van der Waals surface area contributed by atoms with Crippen LogP contribution >= 0.6 is 0 Å². The van der Waals surface area contributed by atoms with E-state index in [0.29, 0.717) is 0 Å². The monoisotopic (exact) mass is 304 g/mol. The molecule has 2 aromatic rings. The lowest BCUT2D eigenvalue weighted by Gasteiger charge is -1.83. The third-order valence-corrected chi connectivity index (χ3v) is 2.10. The Morgan fingerprint density at radius 2 is 0.773 bits per heavy atom. The molecule has 22 heavy (non-hydrogen) atoms. The van der Waals surface area contributed by atoms with Crippen LogP contribution in [0.4, 0.5) is 11.4 Å². The summed E-state index contributed by atoms with van der Waals surface area (Å²) in [5.74, 6) is 0. The summed E-state index contributed by atoms with van der Waals surface area (Å²) < 4.78 is 0. The third-order valence-electron chi connectivity index (χ3n) is 2.10. The Bertz CT molecular complexity index is 332. The van der Waals surface area contributed by atoms with Gasteiger partial charge in [-0.25, -0.2) is 0 Å². The highest BCUT2D eigenvalue weighted by atomic mass is 14.5. The number of hydrogen-bond donors (Lipinski definition) is 2. The molecule has 0 fully saturated rings. The molecule has 126 valence electrons. The highest BCUT2D eigenvalue weighted by molar-refractivity contribution is 5.36. The minimum absolute atomic E-state index is 0.822. The van der Waals surface area contributed by atoms with Crippen molar-refractivity contribution in [3.05, 3.63) is 60.7 Å². The van der Waals surface area contributed by atoms with Gasteiger partial charge in [-0.1, -0.05) is 90.8 Å². The molecule has 2 nitrogen and oxygen atoms in total. The van der Waals surface area contributed by atoms with E-state index in [-0.39, 0.29) is 0 Å². The average molecular weight is 305 g/mol. The molecule has 2 aromatic carbocycles. The predicted molar refractivity (Wildman–Crippen MR) is 105 cm³/mol. The summed E-state index contributed by atoms with van der Waals surface area (Å²) in [7, 11) is 0. The summed E-state index contributed by atoms with van der Waals surface area (Å²) in [5, 5.41) is 0. The highest BCUT2D eigenvalue weighted by Gasteiger charge is 1.72. The van der Waals surface area contributed by atoms with Crippen LogP contribution in [0.5, 0.6) is 0 Å². The van der Waals surface area contributed by atoms with Gasteiger partial charge in [0.15, 0.2) is 0 Å². The molecule has 4 N–H and O–H groups in total. The van der Waals surface area contributed by atoms with Crippen LogP contribution in [0.15, 0.2) is 60.7 Å². The first-order chi connectivity index (χ1) is 10.7. The van der Waals surface area contributed by atoms with Crippen LogP contribution in [0.25, 0.3) is 0 Å². The highest BCUT2D eigenvalue weighted by Crippen LogP contribution is 1.96. The van der Waals surface area contributed by atoms with Crippen LogP contribution < -0.4 is 11.5 Å². The lowest BCUT2D eigenvalue weighted by atomic mass is 10.3. The Labute approximate surface area is 138 Å². The maximum atomic E-state index is 5.36. The van der Waals surface area contributed by atoms with Crippen LogP contribution in [-0.2, 0) is 0 Å². The van der Waals surface area contributed by atoms with Crippen molar-refractivity contribution >= 4 is 11.4 Å². The van der Waals surface area contributed by atoms with Crippen molar-refractivity contribution in [1.29, 1.82) is 0 Å². The van der Waals surface area contributed by atoms with Gasteiger partial charge in [-0.3, -0.25) is 0 Å². The number of rotatable bonds is 1. The van der Waals surface area contributed by atoms with E-state index in [1.54, 1.807) is 0 Å². The fourth-order valence-electron chi connectivity index (χ4n) is 0.906. The first-order valence-corrected chi connectivity index (χ1v) is 8.31. The zero-order chi connectivity index (χ0) is 17.6. The molecule has 0 heterocycles. The Morgan fingerprint density at radius 1 is 0.545 bits per heavy atom. The van der Waals surface area contributed by atoms with Crippen molar-refractivity contribution in [3.8, 4) is 0 Å². The fraction of sp³-hybridized carbons (Fsp3) is 0.400. The van der Waals surface area contributed by atoms with E-state index in [1.807, 2.05) is 88.4 Å². The van der Waals surface area contributed by atoms with Gasteiger partial charge in [0.2, 0.25) is 0 Å². The average Bonchev–Trinajstić information content (AvgIpc) is 2.61. The molecule has 2 heteroatoms. The van der Waals surface area contributed by atoms with Crippen molar-refractivity contribution < 1.29 is 0 Å². The van der Waals surface area contributed by atoms with E-state index in [9.17, 15) is 0 Å². The molecule has 0 amide bonds. The topological polar surface area (TPSA) is 52.0 Å². The van der Waals surface area contributed by atoms with Crippen molar-refractivity contribution in [2.24, 2.45) is 0 Å². The first kappa shape index (κ1) is 25.0. The maximum Gasteiger partial charge on any atom is 0.0313 e. The number of anilines is 2. The van der Waals surface area contributed by atoms with Gasteiger partial charge >= 0.3 is 0 Å². The lowest BCUT2D eigenvalue weighted by molar-refractivity contribution is 0.886. The van der Waals surface area contributed by atoms with Gasteiger partial charge in [-0.15, -0.1) is 0 Å². The fourth-order valence-corrected chi connectivity index (χ4v) is 0.906. The molecule has 0 bridgehead atoms. The Kier molecular flexibility index (Phi) is 27.4. The number of nitrogens with two attached hydrogens (primary N) is 2. The van der Waals surface area contributed by atoms with Crippen LogP contribution in [0.2, 0.25) is 0 Å². The first-order valence-electron chi connectivity index (χ1n) is 8.31. The Hall–Kier alpha value is -1.96. The molecule has 2 rings (SSSR count).